The average molecular weight is 799 g/mol. The Hall–Kier alpha value is -6.49. The number of amides is 1. The molecule has 1 atom stereocenters. The number of hydrogen-bond acceptors (Lipinski definition) is 6. The Morgan fingerprint density at radius 2 is 1.38 bits per heavy atom. The highest BCUT2D eigenvalue weighted by atomic mass is 35.5. The van der Waals surface area contributed by atoms with Gasteiger partial charge >= 0.3 is 5.96 Å². The molecule has 6 N–H and O–H groups in total. The number of nitrogens with one attached hydrogen (secondary N) is 2. The van der Waals surface area contributed by atoms with E-state index in [1.54, 1.807) is 30.3 Å². The molecular formula is C47H47ClN4O6. The van der Waals surface area contributed by atoms with E-state index >= 15 is 0 Å². The van der Waals surface area contributed by atoms with Gasteiger partial charge in [0.25, 0.3) is 0 Å². The molecule has 0 saturated heterocycles. The molecule has 11 heteroatoms. The Labute approximate surface area is 344 Å². The second kappa shape index (κ2) is 21.2. The number of hydrogen-bond donors (Lipinski definition) is 4. The van der Waals surface area contributed by atoms with Gasteiger partial charge in [0.05, 0.1) is 13.2 Å². The van der Waals surface area contributed by atoms with Crippen molar-refractivity contribution in [2.24, 2.45) is 17.4 Å². The molecule has 6 aromatic rings. The molecule has 0 radical (unpaired) electrons. The fourth-order valence-corrected chi connectivity index (χ4v) is 6.74. The largest absolute Gasteiger partial charge is 1.00 e. The quantitative estimate of drug-likeness (QED) is 0.0302. The summed E-state index contributed by atoms with van der Waals surface area (Å²) in [6.07, 6.45) is 2.50. The maximum atomic E-state index is 13.8. The number of Topliss-reactive ketones (excluding diaryl/α,β-unsaturated/α-hetero) is 2. The van der Waals surface area contributed by atoms with Crippen LogP contribution in [0.5, 0.6) is 11.5 Å². The molecule has 6 rings (SSSR count). The third-order valence-corrected chi connectivity index (χ3v) is 9.48. The van der Waals surface area contributed by atoms with E-state index in [9.17, 15) is 14.4 Å². The molecule has 0 fully saturated rings. The van der Waals surface area contributed by atoms with E-state index in [4.69, 9.17) is 25.7 Å². The van der Waals surface area contributed by atoms with Crippen LogP contribution < -0.4 is 43.7 Å². The molecule has 6 aromatic carbocycles. The van der Waals surface area contributed by atoms with Crippen molar-refractivity contribution >= 4 is 50.7 Å². The number of fused-ring (bicyclic) bond motifs is 2. The predicted octanol–water partition coefficient (Wildman–Crippen LogP) is 3.36. The summed E-state index contributed by atoms with van der Waals surface area (Å²) in [5.74, 6) is -0.295. The second-order valence-electron chi connectivity index (χ2n) is 13.6. The molecule has 58 heavy (non-hydrogen) atoms. The van der Waals surface area contributed by atoms with Gasteiger partial charge in [-0.25, -0.2) is 0 Å². The van der Waals surface area contributed by atoms with Crippen LogP contribution in [-0.2, 0) is 20.9 Å². The average Bonchev–Trinajstić information content (AvgIpc) is 3.23. The lowest BCUT2D eigenvalue weighted by Crippen LogP contribution is -3.00. The molecule has 0 aliphatic heterocycles. The van der Waals surface area contributed by atoms with Crippen LogP contribution in [0, 0.1) is 5.92 Å². The third kappa shape index (κ3) is 11.3. The molecule has 0 bridgehead atoms. The number of guanidine groups is 1. The molecular weight excluding hydrogens is 752 g/mol. The van der Waals surface area contributed by atoms with Crippen molar-refractivity contribution in [3.63, 3.8) is 0 Å². The summed E-state index contributed by atoms with van der Waals surface area (Å²) >= 11 is 0. The van der Waals surface area contributed by atoms with Gasteiger partial charge < -0.3 is 31.9 Å². The summed E-state index contributed by atoms with van der Waals surface area (Å²) in [5.41, 5.74) is 14.6. The van der Waals surface area contributed by atoms with Crippen molar-refractivity contribution in [1.29, 1.82) is 0 Å². The van der Waals surface area contributed by atoms with Gasteiger partial charge in [-0.15, -0.1) is 0 Å². The maximum absolute atomic E-state index is 13.8. The van der Waals surface area contributed by atoms with Gasteiger partial charge in [0, 0.05) is 34.7 Å². The van der Waals surface area contributed by atoms with Crippen molar-refractivity contribution in [3.05, 3.63) is 151 Å². The van der Waals surface area contributed by atoms with Crippen LogP contribution in [0.2, 0.25) is 0 Å². The number of benzene rings is 6. The van der Waals surface area contributed by atoms with Crippen LogP contribution in [0.15, 0.2) is 140 Å². The minimum absolute atomic E-state index is 0. The first-order valence-corrected chi connectivity index (χ1v) is 18.9. The molecule has 298 valence electrons. The number of carbonyl (C=O) groups is 3. The van der Waals surface area contributed by atoms with Crippen LogP contribution in [0.4, 0.5) is 5.69 Å². The number of ether oxygens (including phenoxy) is 3. The number of rotatable bonds is 20. The van der Waals surface area contributed by atoms with Gasteiger partial charge in [0.1, 0.15) is 31.3 Å². The maximum Gasteiger partial charge on any atom is 0.338 e. The van der Waals surface area contributed by atoms with Gasteiger partial charge in [-0.05, 0) is 64.2 Å². The summed E-state index contributed by atoms with van der Waals surface area (Å²) < 4.78 is 18.2. The zero-order valence-corrected chi connectivity index (χ0v) is 32.9. The van der Waals surface area contributed by atoms with Crippen molar-refractivity contribution in [2.45, 2.75) is 25.9 Å². The summed E-state index contributed by atoms with van der Waals surface area (Å²) in [4.78, 5) is 43.3. The normalized spacial score (nSPS) is 11.2. The van der Waals surface area contributed by atoms with E-state index in [2.05, 4.69) is 16.9 Å². The molecule has 0 aliphatic carbocycles. The first-order valence-electron chi connectivity index (χ1n) is 18.9. The highest BCUT2D eigenvalue weighted by Gasteiger charge is 2.24. The summed E-state index contributed by atoms with van der Waals surface area (Å²) in [6, 6.07) is 40.1. The summed E-state index contributed by atoms with van der Waals surface area (Å²) in [7, 11) is 0. The second-order valence-corrected chi connectivity index (χ2v) is 13.6. The zero-order valence-electron chi connectivity index (χ0n) is 32.1. The highest BCUT2D eigenvalue weighted by Crippen LogP contribution is 2.45. The number of anilines is 1. The molecule has 0 saturated carbocycles. The number of carbonyl (C=O) groups excluding carboxylic acids is 3. The van der Waals surface area contributed by atoms with E-state index in [0.717, 1.165) is 38.2 Å². The SMILES string of the molecule is C=CCOc1ccc2ccccc2c1-c1c(OCC(=O)C[C@H](CCC[NH+]=C(N)N)C(=O)Nc2cccc(C(=O)COCc3ccccc3)c2)ccc2ccccc12.[Cl-]. The number of nitrogens with two attached hydrogens (primary N) is 2. The monoisotopic (exact) mass is 798 g/mol. The molecule has 0 aromatic heterocycles. The van der Waals surface area contributed by atoms with Crippen LogP contribution in [0.3, 0.4) is 0 Å². The molecule has 0 spiro atoms. The van der Waals surface area contributed by atoms with E-state index in [1.165, 1.54) is 0 Å². The predicted molar refractivity (Wildman–Crippen MR) is 225 cm³/mol. The lowest BCUT2D eigenvalue weighted by atomic mass is 9.92. The molecule has 0 aliphatic rings. The zero-order chi connectivity index (χ0) is 40.0. The third-order valence-electron chi connectivity index (χ3n) is 9.48. The topological polar surface area (TPSA) is 157 Å². The molecule has 0 heterocycles. The van der Waals surface area contributed by atoms with Crippen molar-refractivity contribution < 1.29 is 46.0 Å². The molecule has 0 unspecified atom stereocenters. The fourth-order valence-electron chi connectivity index (χ4n) is 6.74. The minimum atomic E-state index is -0.705. The van der Waals surface area contributed by atoms with Crippen LogP contribution in [0.1, 0.15) is 35.2 Å². The van der Waals surface area contributed by atoms with Crippen LogP contribution in [-0.4, -0.2) is 49.8 Å². The molecule has 1 amide bonds. The van der Waals surface area contributed by atoms with E-state index < -0.39 is 5.92 Å². The fraction of sp³-hybridized carbons (Fsp3) is 0.191. The Kier molecular flexibility index (Phi) is 15.6. The lowest BCUT2D eigenvalue weighted by molar-refractivity contribution is -0.459. The Morgan fingerprint density at radius 3 is 2.03 bits per heavy atom. The Balaban J connectivity index is 0.00000641. The molecule has 10 nitrogen and oxygen atoms in total. The van der Waals surface area contributed by atoms with E-state index in [1.807, 2.05) is 103 Å². The van der Waals surface area contributed by atoms with Gasteiger partial charge in [-0.3, -0.25) is 30.8 Å². The Bertz CT molecular complexity index is 2400. The van der Waals surface area contributed by atoms with Crippen molar-refractivity contribution in [1.82, 2.24) is 0 Å². The van der Waals surface area contributed by atoms with Gasteiger partial charge in [0.2, 0.25) is 5.91 Å². The van der Waals surface area contributed by atoms with Gasteiger partial charge in [-0.1, -0.05) is 116 Å². The highest BCUT2D eigenvalue weighted by molar-refractivity contribution is 6.10. The first-order chi connectivity index (χ1) is 27.8. The summed E-state index contributed by atoms with van der Waals surface area (Å²) in [6.45, 7) is 4.49. The Morgan fingerprint density at radius 1 is 0.741 bits per heavy atom. The minimum Gasteiger partial charge on any atom is -1.00 e. The van der Waals surface area contributed by atoms with Crippen LogP contribution >= 0.6 is 0 Å². The smallest absolute Gasteiger partial charge is 0.338 e. The van der Waals surface area contributed by atoms with Crippen LogP contribution in [0.25, 0.3) is 32.7 Å². The van der Waals surface area contributed by atoms with E-state index in [0.29, 0.717) is 55.4 Å². The summed E-state index contributed by atoms with van der Waals surface area (Å²) in [5, 5.41) is 6.85. The number of ketones is 2. The van der Waals surface area contributed by atoms with E-state index in [-0.39, 0.29) is 55.5 Å². The standard InChI is InChI=1S/C47H46N4O6.ClH/c1-2-26-56-42-23-21-33-14-6-8-19-39(33)44(42)45-40-20-9-7-15-34(40)22-24-43(45)57-30-38(52)28-36(17-11-25-50-47(48)49)46(54)51-37-18-10-16-35(27-37)41(53)31-55-29-32-12-4-3-5-13-32;/h2-10,12-16,18-24,27,36H,1,11,17,25-26,28-31H2,(H,51,54)(H4,48,49,50);1H/t36-;/m0./s1. The van der Waals surface area contributed by atoms with Crippen molar-refractivity contribution in [3.8, 4) is 22.6 Å². The van der Waals surface area contributed by atoms with Gasteiger partial charge in [0.15, 0.2) is 11.6 Å². The van der Waals surface area contributed by atoms with Gasteiger partial charge in [-0.2, -0.15) is 0 Å². The first kappa shape index (κ1) is 42.6. The lowest BCUT2D eigenvalue weighted by Gasteiger charge is -2.20. The van der Waals surface area contributed by atoms with Crippen molar-refractivity contribution in [2.75, 3.05) is 31.7 Å². The number of halogens is 1.